The van der Waals surface area contributed by atoms with E-state index in [1.54, 1.807) is 6.20 Å². The lowest BCUT2D eigenvalue weighted by Gasteiger charge is -2.08. The molecule has 0 fully saturated rings. The van der Waals surface area contributed by atoms with Crippen molar-refractivity contribution in [3.05, 3.63) is 59.1 Å². The monoisotopic (exact) mass is 354 g/mol. The maximum Gasteiger partial charge on any atom is 0.261 e. The molecule has 0 bridgehead atoms. The highest BCUT2D eigenvalue weighted by molar-refractivity contribution is 7.20. The van der Waals surface area contributed by atoms with E-state index in [9.17, 15) is 4.79 Å². The second-order valence-corrected chi connectivity index (χ2v) is 6.92. The number of thiophene rings is 1. The van der Waals surface area contributed by atoms with Gasteiger partial charge in [0.05, 0.1) is 11.5 Å². The van der Waals surface area contributed by atoms with E-state index in [1.165, 1.54) is 24.2 Å². The van der Waals surface area contributed by atoms with Gasteiger partial charge in [-0.1, -0.05) is 38.0 Å². The van der Waals surface area contributed by atoms with Crippen molar-refractivity contribution in [1.29, 1.82) is 0 Å². The smallest absolute Gasteiger partial charge is 0.261 e. The third-order valence-electron chi connectivity index (χ3n) is 3.89. The standard InChI is InChI=1S/C20H22N2O2S/c1-2-3-4-11-24-17-9-5-7-15(12-17)14-22-19(23)18-13-16-8-6-10-21-20(16)25-18/h5-10,12-13H,2-4,11,14H2,1H3,(H,22,23). The van der Waals surface area contributed by atoms with Crippen LogP contribution in [0.2, 0.25) is 0 Å². The summed E-state index contributed by atoms with van der Waals surface area (Å²) >= 11 is 1.41. The van der Waals surface area contributed by atoms with Crippen LogP contribution in [0, 0.1) is 0 Å². The highest BCUT2D eigenvalue weighted by Crippen LogP contribution is 2.23. The summed E-state index contributed by atoms with van der Waals surface area (Å²) in [5, 5.41) is 3.97. The zero-order valence-electron chi connectivity index (χ0n) is 14.3. The van der Waals surface area contributed by atoms with Gasteiger partial charge in [0.2, 0.25) is 0 Å². The molecule has 25 heavy (non-hydrogen) atoms. The molecule has 0 saturated carbocycles. The van der Waals surface area contributed by atoms with E-state index in [-0.39, 0.29) is 5.91 Å². The molecule has 3 rings (SSSR count). The molecular weight excluding hydrogens is 332 g/mol. The summed E-state index contributed by atoms with van der Waals surface area (Å²) in [6, 6.07) is 13.6. The van der Waals surface area contributed by atoms with Gasteiger partial charge in [-0.2, -0.15) is 0 Å². The molecule has 130 valence electrons. The van der Waals surface area contributed by atoms with Crippen molar-refractivity contribution in [3.63, 3.8) is 0 Å². The van der Waals surface area contributed by atoms with Crippen LogP contribution in [-0.2, 0) is 6.54 Å². The molecule has 1 N–H and O–H groups in total. The van der Waals surface area contributed by atoms with Crippen LogP contribution in [0.25, 0.3) is 10.2 Å². The van der Waals surface area contributed by atoms with E-state index < -0.39 is 0 Å². The van der Waals surface area contributed by atoms with E-state index in [0.29, 0.717) is 11.4 Å². The zero-order valence-corrected chi connectivity index (χ0v) is 15.1. The van der Waals surface area contributed by atoms with Crippen molar-refractivity contribution < 1.29 is 9.53 Å². The Labute approximate surface area is 151 Å². The van der Waals surface area contributed by atoms with Gasteiger partial charge in [-0.3, -0.25) is 4.79 Å². The molecule has 5 heteroatoms. The summed E-state index contributed by atoms with van der Waals surface area (Å²) < 4.78 is 5.76. The fraction of sp³-hybridized carbons (Fsp3) is 0.300. The number of aromatic nitrogens is 1. The van der Waals surface area contributed by atoms with Crippen LogP contribution in [-0.4, -0.2) is 17.5 Å². The molecule has 1 amide bonds. The lowest BCUT2D eigenvalue weighted by Crippen LogP contribution is -2.21. The van der Waals surface area contributed by atoms with Gasteiger partial charge in [0.15, 0.2) is 0 Å². The minimum Gasteiger partial charge on any atom is -0.494 e. The van der Waals surface area contributed by atoms with Gasteiger partial charge in [-0.05, 0) is 36.2 Å². The molecule has 0 aliphatic rings. The Bertz CT molecular complexity index is 811. The lowest BCUT2D eigenvalue weighted by molar-refractivity contribution is 0.0955. The fourth-order valence-electron chi connectivity index (χ4n) is 2.54. The van der Waals surface area contributed by atoms with Gasteiger partial charge in [-0.25, -0.2) is 4.98 Å². The third kappa shape index (κ3) is 4.79. The summed E-state index contributed by atoms with van der Waals surface area (Å²) in [5.41, 5.74) is 1.03. The first kappa shape index (κ1) is 17.4. The Morgan fingerprint density at radius 1 is 1.20 bits per heavy atom. The highest BCUT2D eigenvalue weighted by atomic mass is 32.1. The number of rotatable bonds is 8. The number of nitrogens with zero attached hydrogens (tertiary/aromatic N) is 1. The van der Waals surface area contributed by atoms with E-state index in [1.807, 2.05) is 42.5 Å². The van der Waals surface area contributed by atoms with Crippen molar-refractivity contribution in [3.8, 4) is 5.75 Å². The molecule has 2 heterocycles. The molecule has 0 unspecified atom stereocenters. The number of nitrogens with one attached hydrogen (secondary N) is 1. The average Bonchev–Trinajstić information content (AvgIpc) is 3.08. The van der Waals surface area contributed by atoms with E-state index >= 15 is 0 Å². The number of unbranched alkanes of at least 4 members (excludes halogenated alkanes) is 2. The predicted molar refractivity (Wildman–Crippen MR) is 102 cm³/mol. The van der Waals surface area contributed by atoms with Crippen LogP contribution in [0.5, 0.6) is 5.75 Å². The number of carbonyl (C=O) groups excluding carboxylic acids is 1. The number of fused-ring (bicyclic) bond motifs is 1. The molecule has 4 nitrogen and oxygen atoms in total. The highest BCUT2D eigenvalue weighted by Gasteiger charge is 2.10. The molecule has 0 aliphatic carbocycles. The molecule has 0 saturated heterocycles. The van der Waals surface area contributed by atoms with Crippen LogP contribution in [0.4, 0.5) is 0 Å². The summed E-state index contributed by atoms with van der Waals surface area (Å²) in [6.45, 7) is 3.39. The SMILES string of the molecule is CCCCCOc1cccc(CNC(=O)c2cc3cccnc3s2)c1. The quantitative estimate of drug-likeness (QED) is 0.591. The summed E-state index contributed by atoms with van der Waals surface area (Å²) in [7, 11) is 0. The van der Waals surface area contributed by atoms with Crippen LogP contribution >= 0.6 is 11.3 Å². The second-order valence-electron chi connectivity index (χ2n) is 5.89. The van der Waals surface area contributed by atoms with Crippen molar-refractivity contribution >= 4 is 27.5 Å². The van der Waals surface area contributed by atoms with Gasteiger partial charge >= 0.3 is 0 Å². The van der Waals surface area contributed by atoms with E-state index in [4.69, 9.17) is 4.74 Å². The first-order chi connectivity index (χ1) is 12.3. The Kier molecular flexibility index (Phi) is 6.01. The maximum absolute atomic E-state index is 12.4. The maximum atomic E-state index is 12.4. The largest absolute Gasteiger partial charge is 0.494 e. The molecule has 0 aliphatic heterocycles. The molecule has 0 radical (unpaired) electrons. The Balaban J connectivity index is 1.56. The Morgan fingerprint density at radius 3 is 2.96 bits per heavy atom. The number of benzene rings is 1. The van der Waals surface area contributed by atoms with Crippen molar-refractivity contribution in [1.82, 2.24) is 10.3 Å². The van der Waals surface area contributed by atoms with Crippen molar-refractivity contribution in [2.75, 3.05) is 6.61 Å². The number of pyridine rings is 1. The zero-order chi connectivity index (χ0) is 17.5. The number of hydrogen-bond donors (Lipinski definition) is 1. The van der Waals surface area contributed by atoms with E-state index in [0.717, 1.165) is 34.6 Å². The number of amides is 1. The third-order valence-corrected chi connectivity index (χ3v) is 4.94. The molecule has 0 atom stereocenters. The molecule has 0 spiro atoms. The van der Waals surface area contributed by atoms with Crippen molar-refractivity contribution in [2.24, 2.45) is 0 Å². The summed E-state index contributed by atoms with van der Waals surface area (Å²) in [4.78, 5) is 18.2. The Hall–Kier alpha value is -2.40. The minimum atomic E-state index is -0.0720. The topological polar surface area (TPSA) is 51.2 Å². The lowest BCUT2D eigenvalue weighted by atomic mass is 10.2. The summed E-state index contributed by atoms with van der Waals surface area (Å²) in [5.74, 6) is 0.784. The number of carbonyl (C=O) groups is 1. The predicted octanol–water partition coefficient (Wildman–Crippen LogP) is 4.80. The molecule has 1 aromatic carbocycles. The van der Waals surface area contributed by atoms with Crippen LogP contribution < -0.4 is 10.1 Å². The molecule has 2 aromatic heterocycles. The number of ether oxygens (including phenoxy) is 1. The van der Waals surface area contributed by atoms with Gasteiger partial charge in [0, 0.05) is 18.1 Å². The normalized spacial score (nSPS) is 10.8. The average molecular weight is 354 g/mol. The van der Waals surface area contributed by atoms with Crippen molar-refractivity contribution in [2.45, 2.75) is 32.7 Å². The van der Waals surface area contributed by atoms with E-state index in [2.05, 4.69) is 17.2 Å². The minimum absolute atomic E-state index is 0.0720. The van der Waals surface area contributed by atoms with Gasteiger partial charge in [-0.15, -0.1) is 11.3 Å². The van der Waals surface area contributed by atoms with Crippen LogP contribution in [0.3, 0.4) is 0 Å². The first-order valence-corrected chi connectivity index (χ1v) is 9.42. The van der Waals surface area contributed by atoms with Crippen LogP contribution in [0.1, 0.15) is 41.4 Å². The molecular formula is C20H22N2O2S. The second kappa shape index (κ2) is 8.62. The fourth-order valence-corrected chi connectivity index (χ4v) is 3.46. The van der Waals surface area contributed by atoms with Crippen LogP contribution in [0.15, 0.2) is 48.7 Å². The van der Waals surface area contributed by atoms with Gasteiger partial charge < -0.3 is 10.1 Å². The summed E-state index contributed by atoms with van der Waals surface area (Å²) in [6.07, 6.45) is 5.17. The molecule has 3 aromatic rings. The van der Waals surface area contributed by atoms with Gasteiger partial charge in [0.1, 0.15) is 10.6 Å². The first-order valence-electron chi connectivity index (χ1n) is 8.61. The Morgan fingerprint density at radius 2 is 2.12 bits per heavy atom. The number of hydrogen-bond acceptors (Lipinski definition) is 4. The van der Waals surface area contributed by atoms with Gasteiger partial charge in [0.25, 0.3) is 5.91 Å².